The summed E-state index contributed by atoms with van der Waals surface area (Å²) in [6, 6.07) is 3.39. The Labute approximate surface area is 114 Å². The number of phenols is 1. The average Bonchev–Trinajstić information content (AvgIpc) is 2.80. The molecule has 0 atom stereocenters. The molecule has 0 bridgehead atoms. The molecule has 98 valence electrons. The molecule has 1 aromatic carbocycles. The van der Waals surface area contributed by atoms with Crippen LogP contribution in [0, 0.1) is 0 Å². The summed E-state index contributed by atoms with van der Waals surface area (Å²) in [6.07, 6.45) is 2.84. The van der Waals surface area contributed by atoms with Crippen LogP contribution in [0.25, 0.3) is 0 Å². The zero-order chi connectivity index (χ0) is 13.3. The highest BCUT2D eigenvalue weighted by molar-refractivity contribution is 9.10. The molecule has 0 unspecified atom stereocenters. The average molecular weight is 315 g/mol. The van der Waals surface area contributed by atoms with Crippen LogP contribution in [0.4, 0.5) is 0 Å². The second kappa shape index (κ2) is 4.80. The fraction of sp³-hybridized carbons (Fsp3) is 0.462. The van der Waals surface area contributed by atoms with E-state index in [1.165, 1.54) is 7.11 Å². The maximum Gasteiger partial charge on any atom is 0.314 e. The number of carbonyl (C=O) groups is 1. The highest BCUT2D eigenvalue weighted by Crippen LogP contribution is 2.49. The minimum absolute atomic E-state index is 0.0730. The van der Waals surface area contributed by atoms with Gasteiger partial charge < -0.3 is 14.9 Å². The van der Waals surface area contributed by atoms with Crippen molar-refractivity contribution in [1.29, 1.82) is 0 Å². The number of carboxylic acid groups (broad SMARTS) is 1. The zero-order valence-electron chi connectivity index (χ0n) is 10.1. The number of ether oxygens (including phenoxy) is 1. The number of aromatic hydroxyl groups is 1. The maximum atomic E-state index is 11.6. The van der Waals surface area contributed by atoms with E-state index in [9.17, 15) is 15.0 Å². The zero-order valence-corrected chi connectivity index (χ0v) is 11.7. The van der Waals surface area contributed by atoms with E-state index in [1.807, 2.05) is 0 Å². The standard InChI is InChI=1S/C13H15BrO4/c1-18-11-9(14)5-4-8(10(11)15)13(12(16)17)6-2-3-7-13/h4-5,15H,2-3,6-7H2,1H3,(H,16,17). The van der Waals surface area contributed by atoms with Crippen molar-refractivity contribution in [2.45, 2.75) is 31.1 Å². The molecule has 0 aliphatic heterocycles. The van der Waals surface area contributed by atoms with Crippen LogP contribution in [0.2, 0.25) is 0 Å². The van der Waals surface area contributed by atoms with Crippen molar-refractivity contribution in [3.8, 4) is 11.5 Å². The molecular formula is C13H15BrO4. The Balaban J connectivity index is 2.59. The molecule has 4 nitrogen and oxygen atoms in total. The first-order valence-electron chi connectivity index (χ1n) is 5.82. The summed E-state index contributed by atoms with van der Waals surface area (Å²) >= 11 is 3.27. The van der Waals surface area contributed by atoms with Crippen molar-refractivity contribution in [1.82, 2.24) is 0 Å². The van der Waals surface area contributed by atoms with Gasteiger partial charge >= 0.3 is 5.97 Å². The highest BCUT2D eigenvalue weighted by atomic mass is 79.9. The number of hydrogen-bond donors (Lipinski definition) is 2. The van der Waals surface area contributed by atoms with Crippen LogP contribution in [0.5, 0.6) is 11.5 Å². The predicted molar refractivity (Wildman–Crippen MR) is 70.1 cm³/mol. The molecule has 1 aromatic rings. The summed E-state index contributed by atoms with van der Waals surface area (Å²) in [5, 5.41) is 19.7. The van der Waals surface area contributed by atoms with E-state index < -0.39 is 11.4 Å². The van der Waals surface area contributed by atoms with Gasteiger partial charge in [0, 0.05) is 5.56 Å². The number of methoxy groups -OCH3 is 1. The summed E-state index contributed by atoms with van der Waals surface area (Å²) in [4.78, 5) is 11.6. The Morgan fingerprint density at radius 3 is 2.50 bits per heavy atom. The third kappa shape index (κ3) is 1.86. The van der Waals surface area contributed by atoms with E-state index in [4.69, 9.17) is 4.74 Å². The Kier molecular flexibility index (Phi) is 3.52. The van der Waals surface area contributed by atoms with Crippen molar-refractivity contribution in [3.05, 3.63) is 22.2 Å². The maximum absolute atomic E-state index is 11.6. The molecule has 18 heavy (non-hydrogen) atoms. The van der Waals surface area contributed by atoms with E-state index >= 15 is 0 Å². The summed E-state index contributed by atoms with van der Waals surface area (Å²) in [6.45, 7) is 0. The number of rotatable bonds is 3. The van der Waals surface area contributed by atoms with Crippen LogP contribution in [0.1, 0.15) is 31.2 Å². The van der Waals surface area contributed by atoms with Gasteiger partial charge in [-0.15, -0.1) is 0 Å². The molecule has 2 rings (SSSR count). The molecule has 2 N–H and O–H groups in total. The van der Waals surface area contributed by atoms with Gasteiger partial charge in [-0.25, -0.2) is 0 Å². The van der Waals surface area contributed by atoms with Crippen molar-refractivity contribution in [2.75, 3.05) is 7.11 Å². The molecule has 1 saturated carbocycles. The molecule has 1 aliphatic carbocycles. The topological polar surface area (TPSA) is 66.8 Å². The normalized spacial score (nSPS) is 17.7. The first kappa shape index (κ1) is 13.2. The smallest absolute Gasteiger partial charge is 0.314 e. The molecular weight excluding hydrogens is 300 g/mol. The largest absolute Gasteiger partial charge is 0.504 e. The van der Waals surface area contributed by atoms with Crippen LogP contribution in [-0.2, 0) is 10.2 Å². The molecule has 5 heteroatoms. The van der Waals surface area contributed by atoms with Gasteiger partial charge in [-0.05, 0) is 34.8 Å². The van der Waals surface area contributed by atoms with Gasteiger partial charge in [0.1, 0.15) is 0 Å². The minimum Gasteiger partial charge on any atom is -0.504 e. The summed E-state index contributed by atoms with van der Waals surface area (Å²) in [7, 11) is 1.45. The monoisotopic (exact) mass is 314 g/mol. The first-order valence-corrected chi connectivity index (χ1v) is 6.61. The van der Waals surface area contributed by atoms with Gasteiger partial charge in [0.25, 0.3) is 0 Å². The Morgan fingerprint density at radius 2 is 2.00 bits per heavy atom. The molecule has 0 heterocycles. The Bertz CT molecular complexity index is 478. The quantitative estimate of drug-likeness (QED) is 0.899. The second-order valence-corrected chi connectivity index (χ2v) is 5.43. The van der Waals surface area contributed by atoms with E-state index in [-0.39, 0.29) is 5.75 Å². The van der Waals surface area contributed by atoms with Gasteiger partial charge in [-0.3, -0.25) is 4.79 Å². The molecule has 0 amide bonds. The number of carboxylic acids is 1. The third-order valence-electron chi connectivity index (χ3n) is 3.67. The number of hydrogen-bond acceptors (Lipinski definition) is 3. The summed E-state index contributed by atoms with van der Waals surface area (Å²) < 4.78 is 5.73. The van der Waals surface area contributed by atoms with Crippen LogP contribution in [0.15, 0.2) is 16.6 Å². The van der Waals surface area contributed by atoms with Crippen LogP contribution >= 0.6 is 15.9 Å². The number of aliphatic carboxylic acids is 1. The molecule has 0 aromatic heterocycles. The van der Waals surface area contributed by atoms with Gasteiger partial charge in [-0.2, -0.15) is 0 Å². The predicted octanol–water partition coefficient (Wildman–Crippen LogP) is 3.06. The van der Waals surface area contributed by atoms with E-state index in [0.717, 1.165) is 12.8 Å². The van der Waals surface area contributed by atoms with E-state index in [0.29, 0.717) is 28.6 Å². The highest BCUT2D eigenvalue weighted by Gasteiger charge is 2.45. The fourth-order valence-electron chi connectivity index (χ4n) is 2.70. The lowest BCUT2D eigenvalue weighted by Crippen LogP contribution is -2.32. The number of phenolic OH excluding ortho intramolecular Hbond substituents is 1. The second-order valence-electron chi connectivity index (χ2n) is 4.57. The molecule has 0 radical (unpaired) electrons. The molecule has 1 fully saturated rings. The van der Waals surface area contributed by atoms with Crippen molar-refractivity contribution >= 4 is 21.9 Å². The molecule has 0 spiro atoms. The van der Waals surface area contributed by atoms with E-state index in [1.54, 1.807) is 12.1 Å². The lowest BCUT2D eigenvalue weighted by Gasteiger charge is -2.26. The summed E-state index contributed by atoms with van der Waals surface area (Å²) in [5.74, 6) is -0.657. The van der Waals surface area contributed by atoms with Crippen molar-refractivity contribution < 1.29 is 19.7 Å². The Hall–Kier alpha value is -1.23. The lowest BCUT2D eigenvalue weighted by molar-refractivity contribution is -0.143. The fourth-order valence-corrected chi connectivity index (χ4v) is 3.19. The van der Waals surface area contributed by atoms with Gasteiger partial charge in [0.2, 0.25) is 0 Å². The minimum atomic E-state index is -0.974. The van der Waals surface area contributed by atoms with Crippen molar-refractivity contribution in [2.24, 2.45) is 0 Å². The molecule has 0 saturated heterocycles. The van der Waals surface area contributed by atoms with Crippen molar-refractivity contribution in [3.63, 3.8) is 0 Å². The number of halogens is 1. The Morgan fingerprint density at radius 1 is 1.39 bits per heavy atom. The van der Waals surface area contributed by atoms with E-state index in [2.05, 4.69) is 15.9 Å². The first-order chi connectivity index (χ1) is 8.53. The number of benzene rings is 1. The van der Waals surface area contributed by atoms with Gasteiger partial charge in [0.05, 0.1) is 17.0 Å². The van der Waals surface area contributed by atoms with Gasteiger partial charge in [-0.1, -0.05) is 18.9 Å². The van der Waals surface area contributed by atoms with Crippen LogP contribution in [-0.4, -0.2) is 23.3 Å². The van der Waals surface area contributed by atoms with Gasteiger partial charge in [0.15, 0.2) is 11.5 Å². The van der Waals surface area contributed by atoms with Crippen LogP contribution in [0.3, 0.4) is 0 Å². The lowest BCUT2D eigenvalue weighted by atomic mass is 9.78. The molecule has 1 aliphatic rings. The van der Waals surface area contributed by atoms with Crippen LogP contribution < -0.4 is 4.74 Å². The SMILES string of the molecule is COc1c(Br)ccc(C2(C(=O)O)CCCC2)c1O. The third-order valence-corrected chi connectivity index (χ3v) is 4.29. The summed E-state index contributed by atoms with van der Waals surface area (Å²) in [5.41, 5.74) is -0.523.